The molecule has 0 aromatic carbocycles. The van der Waals surface area contributed by atoms with Crippen LogP contribution in [0.25, 0.3) is 0 Å². The molecule has 5 nitrogen and oxygen atoms in total. The third kappa shape index (κ3) is 2.14. The van der Waals surface area contributed by atoms with E-state index in [0.29, 0.717) is 12.1 Å². The zero-order valence-electron chi connectivity index (χ0n) is 9.19. The highest BCUT2D eigenvalue weighted by Crippen LogP contribution is 2.08. The summed E-state index contributed by atoms with van der Waals surface area (Å²) in [5.74, 6) is -0.0229. The first-order valence-corrected chi connectivity index (χ1v) is 5.39. The minimum Gasteiger partial charge on any atom is -0.333 e. The molecule has 0 bridgehead atoms. The van der Waals surface area contributed by atoms with Crippen LogP contribution in [0.3, 0.4) is 0 Å². The Morgan fingerprint density at radius 2 is 2.31 bits per heavy atom. The van der Waals surface area contributed by atoms with Gasteiger partial charge < -0.3 is 15.2 Å². The van der Waals surface area contributed by atoms with E-state index >= 15 is 0 Å². The van der Waals surface area contributed by atoms with Crippen molar-refractivity contribution in [2.24, 2.45) is 0 Å². The van der Waals surface area contributed by atoms with E-state index in [2.05, 4.69) is 10.3 Å². The summed E-state index contributed by atoms with van der Waals surface area (Å²) in [6.07, 6.45) is 1.47. The number of H-pyrrole nitrogens is 1. The predicted octanol–water partition coefficient (Wildman–Crippen LogP) is -0.191. The molecule has 1 fully saturated rings. The topological polar surface area (TPSA) is 65.2 Å². The van der Waals surface area contributed by atoms with E-state index in [0.717, 1.165) is 13.1 Å². The van der Waals surface area contributed by atoms with Crippen molar-refractivity contribution < 1.29 is 4.79 Å². The Morgan fingerprint density at radius 3 is 2.94 bits per heavy atom. The van der Waals surface area contributed by atoms with Gasteiger partial charge in [0.15, 0.2) is 0 Å². The maximum absolute atomic E-state index is 12.1. The van der Waals surface area contributed by atoms with E-state index in [-0.39, 0.29) is 17.5 Å². The number of aromatic nitrogens is 1. The fourth-order valence-electron chi connectivity index (χ4n) is 1.85. The van der Waals surface area contributed by atoms with Crippen molar-refractivity contribution in [1.82, 2.24) is 15.2 Å². The van der Waals surface area contributed by atoms with Crippen molar-refractivity contribution in [2.45, 2.75) is 13.0 Å². The summed E-state index contributed by atoms with van der Waals surface area (Å²) in [4.78, 5) is 27.3. The van der Waals surface area contributed by atoms with Gasteiger partial charge in [-0.3, -0.25) is 9.59 Å². The standard InChI is InChI=1S/C11H15N3O2/c1-8-6-12-4-5-14(8)11(16)9-2-3-10(15)13-7-9/h2-3,7-8,12H,4-6H2,1H3,(H,13,15)/t8-/m1/s1. The second-order valence-electron chi connectivity index (χ2n) is 3.99. The van der Waals surface area contributed by atoms with E-state index in [1.165, 1.54) is 12.3 Å². The first kappa shape index (κ1) is 10.9. The summed E-state index contributed by atoms with van der Waals surface area (Å²) in [5, 5.41) is 3.23. The van der Waals surface area contributed by atoms with Crippen LogP contribution in [-0.2, 0) is 0 Å². The van der Waals surface area contributed by atoms with E-state index in [1.807, 2.05) is 11.8 Å². The number of pyridine rings is 1. The molecule has 1 amide bonds. The van der Waals surface area contributed by atoms with Gasteiger partial charge in [0.25, 0.3) is 5.91 Å². The first-order valence-electron chi connectivity index (χ1n) is 5.39. The van der Waals surface area contributed by atoms with Gasteiger partial charge in [0.05, 0.1) is 5.56 Å². The van der Waals surface area contributed by atoms with Gasteiger partial charge in [-0.2, -0.15) is 0 Å². The summed E-state index contributed by atoms with van der Waals surface area (Å²) in [6, 6.07) is 3.13. The molecule has 1 aromatic rings. The average molecular weight is 221 g/mol. The van der Waals surface area contributed by atoms with Crippen LogP contribution in [0.2, 0.25) is 0 Å². The van der Waals surface area contributed by atoms with Gasteiger partial charge in [-0.15, -0.1) is 0 Å². The van der Waals surface area contributed by atoms with Crippen LogP contribution in [0, 0.1) is 0 Å². The largest absolute Gasteiger partial charge is 0.333 e. The minimum atomic E-state index is -0.190. The van der Waals surface area contributed by atoms with E-state index < -0.39 is 0 Å². The smallest absolute Gasteiger partial charge is 0.255 e. The molecule has 1 atom stereocenters. The predicted molar refractivity (Wildman–Crippen MR) is 60.4 cm³/mol. The molecule has 1 aliphatic rings. The van der Waals surface area contributed by atoms with E-state index in [4.69, 9.17) is 0 Å². The van der Waals surface area contributed by atoms with Crippen LogP contribution in [0.1, 0.15) is 17.3 Å². The van der Waals surface area contributed by atoms with E-state index in [9.17, 15) is 9.59 Å². The fraction of sp³-hybridized carbons (Fsp3) is 0.455. The average Bonchev–Trinajstić information content (AvgIpc) is 2.30. The number of aromatic amines is 1. The van der Waals surface area contributed by atoms with Crippen LogP contribution in [-0.4, -0.2) is 41.5 Å². The molecule has 0 unspecified atom stereocenters. The number of carbonyl (C=O) groups is 1. The molecule has 1 saturated heterocycles. The lowest BCUT2D eigenvalue weighted by atomic mass is 10.1. The van der Waals surface area contributed by atoms with Gasteiger partial charge in [-0.05, 0) is 13.0 Å². The van der Waals surface area contributed by atoms with Gasteiger partial charge in [-0.25, -0.2) is 0 Å². The molecule has 5 heteroatoms. The lowest BCUT2D eigenvalue weighted by Gasteiger charge is -2.33. The van der Waals surface area contributed by atoms with Crippen LogP contribution < -0.4 is 10.9 Å². The lowest BCUT2D eigenvalue weighted by Crippen LogP contribution is -2.52. The summed E-state index contributed by atoms with van der Waals surface area (Å²) < 4.78 is 0. The molecule has 16 heavy (non-hydrogen) atoms. The zero-order valence-corrected chi connectivity index (χ0v) is 9.19. The Hall–Kier alpha value is -1.62. The molecular formula is C11H15N3O2. The molecule has 1 aliphatic heterocycles. The van der Waals surface area contributed by atoms with Crippen molar-refractivity contribution in [2.75, 3.05) is 19.6 Å². The number of carbonyl (C=O) groups excluding carboxylic acids is 1. The zero-order chi connectivity index (χ0) is 11.5. The van der Waals surface area contributed by atoms with Crippen LogP contribution in [0.4, 0.5) is 0 Å². The number of nitrogens with zero attached hydrogens (tertiary/aromatic N) is 1. The highest BCUT2D eigenvalue weighted by molar-refractivity contribution is 5.94. The lowest BCUT2D eigenvalue weighted by molar-refractivity contribution is 0.0655. The summed E-state index contributed by atoms with van der Waals surface area (Å²) >= 11 is 0. The Balaban J connectivity index is 2.17. The van der Waals surface area contributed by atoms with Crippen molar-refractivity contribution >= 4 is 5.91 Å². The van der Waals surface area contributed by atoms with Gasteiger partial charge in [-0.1, -0.05) is 0 Å². The molecule has 0 saturated carbocycles. The first-order chi connectivity index (χ1) is 7.68. The number of amides is 1. The molecule has 2 heterocycles. The van der Waals surface area contributed by atoms with Gasteiger partial charge >= 0.3 is 0 Å². The minimum absolute atomic E-state index is 0.0229. The number of nitrogens with one attached hydrogen (secondary N) is 2. The number of rotatable bonds is 1. The number of hydrogen-bond acceptors (Lipinski definition) is 3. The SMILES string of the molecule is C[C@@H]1CNCCN1C(=O)c1ccc(=O)[nH]c1. The summed E-state index contributed by atoms with van der Waals surface area (Å²) in [5.41, 5.74) is 0.346. The molecule has 2 N–H and O–H groups in total. The van der Waals surface area contributed by atoms with Crippen molar-refractivity contribution in [3.8, 4) is 0 Å². The molecule has 86 valence electrons. The number of hydrogen-bond donors (Lipinski definition) is 2. The molecule has 1 aromatic heterocycles. The van der Waals surface area contributed by atoms with Crippen molar-refractivity contribution in [3.63, 3.8) is 0 Å². The summed E-state index contributed by atoms with van der Waals surface area (Å²) in [6.45, 7) is 4.35. The highest BCUT2D eigenvalue weighted by Gasteiger charge is 2.23. The van der Waals surface area contributed by atoms with Gasteiger partial charge in [0.1, 0.15) is 0 Å². The highest BCUT2D eigenvalue weighted by atomic mass is 16.2. The van der Waals surface area contributed by atoms with Crippen LogP contribution in [0.15, 0.2) is 23.1 Å². The second kappa shape index (κ2) is 4.49. The summed E-state index contributed by atoms with van der Waals surface area (Å²) in [7, 11) is 0. The van der Waals surface area contributed by atoms with Gasteiger partial charge in [0.2, 0.25) is 5.56 Å². The third-order valence-corrected chi connectivity index (χ3v) is 2.79. The Labute approximate surface area is 93.5 Å². The number of piperazine rings is 1. The Morgan fingerprint density at radius 1 is 1.50 bits per heavy atom. The maximum Gasteiger partial charge on any atom is 0.255 e. The normalized spacial score (nSPS) is 20.8. The second-order valence-corrected chi connectivity index (χ2v) is 3.99. The van der Waals surface area contributed by atoms with Crippen LogP contribution in [0.5, 0.6) is 0 Å². The third-order valence-electron chi connectivity index (χ3n) is 2.79. The van der Waals surface area contributed by atoms with Crippen molar-refractivity contribution in [3.05, 3.63) is 34.2 Å². The van der Waals surface area contributed by atoms with Gasteiger partial charge in [0, 0.05) is 37.9 Å². The van der Waals surface area contributed by atoms with E-state index in [1.54, 1.807) is 6.07 Å². The van der Waals surface area contributed by atoms with Crippen molar-refractivity contribution in [1.29, 1.82) is 0 Å². The molecule has 0 radical (unpaired) electrons. The molecular weight excluding hydrogens is 206 g/mol. The fourth-order valence-corrected chi connectivity index (χ4v) is 1.85. The molecule has 0 aliphatic carbocycles. The quantitative estimate of drug-likeness (QED) is 0.690. The molecule has 0 spiro atoms. The molecule has 2 rings (SSSR count). The van der Waals surface area contributed by atoms with Crippen LogP contribution >= 0.6 is 0 Å². The monoisotopic (exact) mass is 221 g/mol. The Kier molecular flexibility index (Phi) is 3.05. The maximum atomic E-state index is 12.1. The Bertz CT molecular complexity index is 421.